The van der Waals surface area contributed by atoms with E-state index in [1.807, 2.05) is 0 Å². The number of amides is 1. The van der Waals surface area contributed by atoms with E-state index in [4.69, 9.17) is 10.5 Å². The summed E-state index contributed by atoms with van der Waals surface area (Å²) >= 11 is 0. The molecule has 1 amide bonds. The lowest BCUT2D eigenvalue weighted by Gasteiger charge is -2.16. The number of carbonyl (C=O) groups excluding carboxylic acids is 1. The van der Waals surface area contributed by atoms with Gasteiger partial charge in [0, 0.05) is 20.2 Å². The fraction of sp³-hybridized carbons (Fsp3) is 0.267. The smallest absolute Gasteiger partial charge is 0.310 e. The van der Waals surface area contributed by atoms with Crippen LogP contribution in [0.5, 0.6) is 5.75 Å². The van der Waals surface area contributed by atoms with Crippen LogP contribution in [0.1, 0.15) is 21.7 Å². The number of benzene rings is 1. The van der Waals surface area contributed by atoms with Gasteiger partial charge in [0.25, 0.3) is 5.91 Å². The van der Waals surface area contributed by atoms with Crippen LogP contribution in [-0.2, 0) is 6.61 Å². The Bertz CT molecular complexity index is 791. The van der Waals surface area contributed by atoms with Gasteiger partial charge in [-0.3, -0.25) is 14.9 Å². The van der Waals surface area contributed by atoms with Crippen LogP contribution in [0.25, 0.3) is 0 Å². The molecule has 2 aromatic rings. The summed E-state index contributed by atoms with van der Waals surface area (Å²) in [4.78, 5) is 32.2. The molecule has 0 bridgehead atoms. The summed E-state index contributed by atoms with van der Waals surface area (Å²) in [6, 6.07) is 5.97. The molecule has 0 spiro atoms. The van der Waals surface area contributed by atoms with Crippen LogP contribution in [0.15, 0.2) is 24.3 Å². The number of aromatic nitrogens is 2. The minimum Gasteiger partial charge on any atom is -0.480 e. The molecule has 1 heterocycles. The first-order valence-electron chi connectivity index (χ1n) is 7.02. The van der Waals surface area contributed by atoms with Crippen molar-refractivity contribution < 1.29 is 14.5 Å². The lowest BCUT2D eigenvalue weighted by molar-refractivity contribution is -0.385. The third-order valence-electron chi connectivity index (χ3n) is 3.23. The topological polar surface area (TPSA) is 124 Å². The highest BCUT2D eigenvalue weighted by Gasteiger charge is 2.21. The molecule has 2 rings (SSSR count). The number of nitrogens with zero attached hydrogens (tertiary/aromatic N) is 4. The van der Waals surface area contributed by atoms with Crippen molar-refractivity contribution in [3.8, 4) is 5.75 Å². The quantitative estimate of drug-likeness (QED) is 0.651. The van der Waals surface area contributed by atoms with Crippen LogP contribution in [-0.4, -0.2) is 39.8 Å². The van der Waals surface area contributed by atoms with Gasteiger partial charge < -0.3 is 15.4 Å². The molecule has 9 nitrogen and oxygen atoms in total. The molecule has 0 atom stereocenters. The SMILES string of the molecule is Cc1nc(N)nc(COc2ccccc2[N+](=O)[O-])c1C(=O)N(C)C. The van der Waals surface area contributed by atoms with Gasteiger partial charge in [-0.25, -0.2) is 9.97 Å². The average Bonchev–Trinajstić information content (AvgIpc) is 2.51. The molecule has 24 heavy (non-hydrogen) atoms. The second kappa shape index (κ2) is 6.90. The molecule has 0 aliphatic heterocycles. The maximum atomic E-state index is 12.3. The highest BCUT2D eigenvalue weighted by molar-refractivity contribution is 5.96. The van der Waals surface area contributed by atoms with E-state index in [0.717, 1.165) is 0 Å². The number of anilines is 1. The van der Waals surface area contributed by atoms with E-state index >= 15 is 0 Å². The van der Waals surface area contributed by atoms with Gasteiger partial charge in [0.05, 0.1) is 21.9 Å². The van der Waals surface area contributed by atoms with Crippen molar-refractivity contribution in [1.29, 1.82) is 0 Å². The number of nitrogen functional groups attached to an aromatic ring is 1. The number of aryl methyl sites for hydroxylation is 1. The lowest BCUT2D eigenvalue weighted by Crippen LogP contribution is -2.26. The third-order valence-corrected chi connectivity index (χ3v) is 3.23. The fourth-order valence-corrected chi connectivity index (χ4v) is 2.14. The molecule has 2 N–H and O–H groups in total. The van der Waals surface area contributed by atoms with Gasteiger partial charge in [-0.1, -0.05) is 12.1 Å². The Labute approximate surface area is 138 Å². The van der Waals surface area contributed by atoms with E-state index in [0.29, 0.717) is 5.69 Å². The van der Waals surface area contributed by atoms with E-state index < -0.39 is 4.92 Å². The molecule has 0 aliphatic rings. The van der Waals surface area contributed by atoms with E-state index in [1.165, 1.54) is 17.0 Å². The first-order chi connectivity index (χ1) is 11.3. The Kier molecular flexibility index (Phi) is 4.93. The Morgan fingerprint density at radius 3 is 2.62 bits per heavy atom. The summed E-state index contributed by atoms with van der Waals surface area (Å²) in [6.45, 7) is 1.50. The standard InChI is InChI=1S/C15H17N5O4/c1-9-13(14(21)19(2)3)10(18-15(16)17-9)8-24-12-7-5-4-6-11(12)20(22)23/h4-7H,8H2,1-3H3,(H2,16,17,18). The van der Waals surface area contributed by atoms with Gasteiger partial charge in [-0.2, -0.15) is 0 Å². The number of carbonyl (C=O) groups is 1. The molecular weight excluding hydrogens is 314 g/mol. The van der Waals surface area contributed by atoms with Crippen molar-refractivity contribution in [3.05, 3.63) is 51.3 Å². The molecule has 0 unspecified atom stereocenters. The monoisotopic (exact) mass is 331 g/mol. The number of nitro groups is 1. The van der Waals surface area contributed by atoms with Gasteiger partial charge in [-0.15, -0.1) is 0 Å². The number of ether oxygens (including phenoxy) is 1. The molecule has 0 saturated heterocycles. The zero-order valence-corrected chi connectivity index (χ0v) is 13.5. The largest absolute Gasteiger partial charge is 0.480 e. The van der Waals surface area contributed by atoms with Crippen molar-refractivity contribution in [3.63, 3.8) is 0 Å². The molecule has 0 saturated carbocycles. The van der Waals surface area contributed by atoms with E-state index in [-0.39, 0.29) is 41.2 Å². The second-order valence-electron chi connectivity index (χ2n) is 5.20. The number of nitrogens with two attached hydrogens (primary N) is 1. The minimum absolute atomic E-state index is 0.00367. The molecule has 126 valence electrons. The first kappa shape index (κ1) is 17.1. The van der Waals surface area contributed by atoms with E-state index in [9.17, 15) is 14.9 Å². The lowest BCUT2D eigenvalue weighted by atomic mass is 10.1. The average molecular weight is 331 g/mol. The van der Waals surface area contributed by atoms with Gasteiger partial charge in [0.1, 0.15) is 6.61 Å². The molecule has 1 aromatic heterocycles. The van der Waals surface area contributed by atoms with E-state index in [2.05, 4.69) is 9.97 Å². The maximum absolute atomic E-state index is 12.3. The van der Waals surface area contributed by atoms with Crippen molar-refractivity contribution in [1.82, 2.24) is 14.9 Å². The van der Waals surface area contributed by atoms with Crippen LogP contribution in [0.3, 0.4) is 0 Å². The number of hydrogen-bond donors (Lipinski definition) is 1. The summed E-state index contributed by atoms with van der Waals surface area (Å²) in [5, 5.41) is 11.0. The number of para-hydroxylation sites is 2. The molecule has 1 aromatic carbocycles. The Balaban J connectivity index is 2.37. The number of nitro benzene ring substituents is 1. The minimum atomic E-state index is -0.541. The van der Waals surface area contributed by atoms with Crippen LogP contribution in [0.2, 0.25) is 0 Å². The summed E-state index contributed by atoms with van der Waals surface area (Å²) in [7, 11) is 3.20. The van der Waals surface area contributed by atoms with Crippen molar-refractivity contribution in [2.75, 3.05) is 19.8 Å². The van der Waals surface area contributed by atoms with Crippen molar-refractivity contribution >= 4 is 17.5 Å². The Morgan fingerprint density at radius 2 is 2.00 bits per heavy atom. The van der Waals surface area contributed by atoms with Crippen molar-refractivity contribution in [2.45, 2.75) is 13.5 Å². The number of hydrogen-bond acceptors (Lipinski definition) is 7. The van der Waals surface area contributed by atoms with Gasteiger partial charge in [-0.05, 0) is 13.0 Å². The summed E-state index contributed by atoms with van der Waals surface area (Å²) < 4.78 is 5.51. The summed E-state index contributed by atoms with van der Waals surface area (Å²) in [5.41, 5.74) is 6.44. The van der Waals surface area contributed by atoms with Gasteiger partial charge >= 0.3 is 5.69 Å². The van der Waals surface area contributed by atoms with Gasteiger partial charge in [0.15, 0.2) is 5.75 Å². The van der Waals surface area contributed by atoms with Crippen LogP contribution in [0, 0.1) is 17.0 Å². The molecular formula is C15H17N5O4. The van der Waals surface area contributed by atoms with Crippen LogP contribution in [0.4, 0.5) is 11.6 Å². The van der Waals surface area contributed by atoms with E-state index in [1.54, 1.807) is 33.2 Å². The summed E-state index contributed by atoms with van der Waals surface area (Å²) in [5.74, 6) is -0.210. The summed E-state index contributed by atoms with van der Waals surface area (Å²) in [6.07, 6.45) is 0. The van der Waals surface area contributed by atoms with Crippen molar-refractivity contribution in [2.24, 2.45) is 0 Å². The maximum Gasteiger partial charge on any atom is 0.310 e. The zero-order valence-electron chi connectivity index (χ0n) is 13.5. The predicted octanol–water partition coefficient (Wildman–Crippen LogP) is 1.56. The third kappa shape index (κ3) is 3.57. The molecule has 0 aliphatic carbocycles. The predicted molar refractivity (Wildman–Crippen MR) is 86.6 cm³/mol. The van der Waals surface area contributed by atoms with Gasteiger partial charge in [0.2, 0.25) is 5.95 Å². The highest BCUT2D eigenvalue weighted by Crippen LogP contribution is 2.27. The molecule has 0 fully saturated rings. The first-order valence-corrected chi connectivity index (χ1v) is 7.02. The zero-order chi connectivity index (χ0) is 17.9. The second-order valence-corrected chi connectivity index (χ2v) is 5.20. The fourth-order valence-electron chi connectivity index (χ4n) is 2.14. The Morgan fingerprint density at radius 1 is 1.33 bits per heavy atom. The highest BCUT2D eigenvalue weighted by atomic mass is 16.6. The number of rotatable bonds is 5. The van der Waals surface area contributed by atoms with Crippen LogP contribution < -0.4 is 10.5 Å². The molecule has 9 heteroatoms. The molecule has 0 radical (unpaired) electrons. The van der Waals surface area contributed by atoms with Crippen LogP contribution >= 0.6 is 0 Å². The normalized spacial score (nSPS) is 10.3. The Hall–Kier alpha value is -3.23.